The van der Waals surface area contributed by atoms with Crippen LogP contribution in [-0.2, 0) is 14.4 Å². The quantitative estimate of drug-likeness (QED) is 0.617. The first-order valence-electron chi connectivity index (χ1n) is 8.16. The van der Waals surface area contributed by atoms with Crippen LogP contribution in [0.15, 0.2) is 62.6 Å². The van der Waals surface area contributed by atoms with Crippen LogP contribution in [-0.4, -0.2) is 29.4 Å². The van der Waals surface area contributed by atoms with Crippen LogP contribution in [0.1, 0.15) is 6.92 Å². The number of amides is 2. The number of carbonyl (C=O) groups excluding carboxylic acids is 3. The molecule has 0 spiro atoms. The molecule has 2 aliphatic heterocycles. The van der Waals surface area contributed by atoms with Crippen LogP contribution in [0.25, 0.3) is 0 Å². The SMILES string of the molecule is CC(=O)C1=NN(c2ccc(Br)cc2)[C@H]2C(=O)N(c3ccc(Br)cc3)C(=O)[C@@H]12. The Morgan fingerprint density at radius 3 is 1.93 bits per heavy atom. The number of hydrogen-bond donors (Lipinski definition) is 0. The van der Waals surface area contributed by atoms with Crippen molar-refractivity contribution >= 4 is 66.5 Å². The lowest BCUT2D eigenvalue weighted by Gasteiger charge is -2.22. The van der Waals surface area contributed by atoms with Gasteiger partial charge < -0.3 is 0 Å². The fraction of sp³-hybridized carbons (Fsp3) is 0.158. The third kappa shape index (κ3) is 2.93. The molecule has 136 valence electrons. The van der Waals surface area contributed by atoms with E-state index in [1.807, 2.05) is 12.1 Å². The highest BCUT2D eigenvalue weighted by molar-refractivity contribution is 9.10. The molecule has 0 aromatic heterocycles. The average Bonchev–Trinajstić information content (AvgIpc) is 3.15. The molecule has 0 radical (unpaired) electrons. The molecule has 2 aliphatic rings. The Labute approximate surface area is 172 Å². The second-order valence-electron chi connectivity index (χ2n) is 6.27. The Morgan fingerprint density at radius 2 is 1.41 bits per heavy atom. The van der Waals surface area contributed by atoms with Crippen molar-refractivity contribution < 1.29 is 14.4 Å². The van der Waals surface area contributed by atoms with E-state index < -0.39 is 23.8 Å². The molecule has 0 aliphatic carbocycles. The van der Waals surface area contributed by atoms with Gasteiger partial charge in [-0.05, 0) is 48.5 Å². The summed E-state index contributed by atoms with van der Waals surface area (Å²) in [5.74, 6) is -2.04. The number of hydrogen-bond acceptors (Lipinski definition) is 5. The molecule has 6 nitrogen and oxygen atoms in total. The Kier molecular flexibility index (Phi) is 4.47. The van der Waals surface area contributed by atoms with Crippen LogP contribution in [0.2, 0.25) is 0 Å². The van der Waals surface area contributed by atoms with Gasteiger partial charge in [0.25, 0.3) is 5.91 Å². The first kappa shape index (κ1) is 18.1. The number of fused-ring (bicyclic) bond motifs is 1. The predicted molar refractivity (Wildman–Crippen MR) is 109 cm³/mol. The Bertz CT molecular complexity index is 986. The van der Waals surface area contributed by atoms with E-state index in [-0.39, 0.29) is 11.5 Å². The molecule has 27 heavy (non-hydrogen) atoms. The van der Waals surface area contributed by atoms with Gasteiger partial charge in [-0.3, -0.25) is 19.4 Å². The van der Waals surface area contributed by atoms with E-state index in [4.69, 9.17) is 0 Å². The zero-order valence-electron chi connectivity index (χ0n) is 14.1. The standard InChI is InChI=1S/C19H13Br2N3O3/c1-10(25)16-15-17(24(22-16)14-8-4-12(21)5-9-14)19(27)23(18(15)26)13-6-2-11(20)3-7-13/h2-9,15,17H,1H3/t15-,17+/m0/s1. The summed E-state index contributed by atoms with van der Waals surface area (Å²) in [7, 11) is 0. The normalized spacial score (nSPS) is 21.5. The van der Waals surface area contributed by atoms with E-state index in [0.717, 1.165) is 13.8 Å². The number of nitrogens with zero attached hydrogens (tertiary/aromatic N) is 3. The molecule has 2 amide bonds. The summed E-state index contributed by atoms with van der Waals surface area (Å²) in [6.45, 7) is 1.36. The molecule has 0 saturated carbocycles. The van der Waals surface area contributed by atoms with Crippen molar-refractivity contribution in [1.29, 1.82) is 0 Å². The van der Waals surface area contributed by atoms with Gasteiger partial charge in [0.1, 0.15) is 17.7 Å². The second-order valence-corrected chi connectivity index (χ2v) is 8.10. The number of Topliss-reactive ketones (excluding diaryl/α,β-unsaturated/α-hetero) is 1. The average molecular weight is 491 g/mol. The number of carbonyl (C=O) groups is 3. The van der Waals surface area contributed by atoms with Gasteiger partial charge in [-0.15, -0.1) is 0 Å². The fourth-order valence-electron chi connectivity index (χ4n) is 3.36. The topological polar surface area (TPSA) is 70.1 Å². The van der Waals surface area contributed by atoms with E-state index >= 15 is 0 Å². The van der Waals surface area contributed by atoms with Gasteiger partial charge >= 0.3 is 0 Å². The van der Waals surface area contributed by atoms with Gasteiger partial charge in [0.05, 0.1) is 11.4 Å². The van der Waals surface area contributed by atoms with Gasteiger partial charge in [0.2, 0.25) is 5.91 Å². The van der Waals surface area contributed by atoms with Gasteiger partial charge in [0.15, 0.2) is 5.78 Å². The third-order valence-corrected chi connectivity index (χ3v) is 5.64. The van der Waals surface area contributed by atoms with E-state index in [1.165, 1.54) is 11.9 Å². The van der Waals surface area contributed by atoms with Crippen molar-refractivity contribution in [2.24, 2.45) is 11.0 Å². The first-order chi connectivity index (χ1) is 12.9. The number of benzene rings is 2. The lowest BCUT2D eigenvalue weighted by atomic mass is 9.95. The minimum atomic E-state index is -0.901. The number of anilines is 2. The van der Waals surface area contributed by atoms with Crippen LogP contribution in [0.4, 0.5) is 11.4 Å². The molecular formula is C19H13Br2N3O3. The Balaban J connectivity index is 1.79. The highest BCUT2D eigenvalue weighted by atomic mass is 79.9. The molecular weight excluding hydrogens is 478 g/mol. The molecule has 0 N–H and O–H groups in total. The summed E-state index contributed by atoms with van der Waals surface area (Å²) in [6.07, 6.45) is 0. The minimum Gasteiger partial charge on any atom is -0.293 e. The lowest BCUT2D eigenvalue weighted by Crippen LogP contribution is -2.39. The van der Waals surface area contributed by atoms with E-state index in [9.17, 15) is 14.4 Å². The first-order valence-corrected chi connectivity index (χ1v) is 9.74. The summed E-state index contributed by atoms with van der Waals surface area (Å²) in [5, 5.41) is 5.80. The minimum absolute atomic E-state index is 0.112. The van der Waals surface area contributed by atoms with Crippen LogP contribution < -0.4 is 9.91 Å². The fourth-order valence-corrected chi connectivity index (χ4v) is 3.89. The van der Waals surface area contributed by atoms with E-state index in [0.29, 0.717) is 11.4 Å². The molecule has 4 rings (SSSR count). The number of imide groups is 1. The van der Waals surface area contributed by atoms with E-state index in [1.54, 1.807) is 36.4 Å². The highest BCUT2D eigenvalue weighted by Crippen LogP contribution is 2.38. The molecule has 8 heteroatoms. The van der Waals surface area contributed by atoms with Gasteiger partial charge in [0, 0.05) is 15.9 Å². The van der Waals surface area contributed by atoms with Gasteiger partial charge in [-0.1, -0.05) is 31.9 Å². The van der Waals surface area contributed by atoms with Crippen molar-refractivity contribution in [3.05, 3.63) is 57.5 Å². The van der Waals surface area contributed by atoms with Crippen molar-refractivity contribution in [1.82, 2.24) is 0 Å². The molecule has 2 aromatic carbocycles. The third-order valence-electron chi connectivity index (χ3n) is 4.59. The Hall–Kier alpha value is -2.32. The van der Waals surface area contributed by atoms with Crippen LogP contribution in [0.5, 0.6) is 0 Å². The van der Waals surface area contributed by atoms with Crippen LogP contribution >= 0.6 is 31.9 Å². The molecule has 2 aromatic rings. The van der Waals surface area contributed by atoms with Crippen molar-refractivity contribution in [2.45, 2.75) is 13.0 Å². The number of rotatable bonds is 3. The number of ketones is 1. The summed E-state index contributed by atoms with van der Waals surface area (Å²) in [5.41, 5.74) is 1.23. The second kappa shape index (κ2) is 6.69. The van der Waals surface area contributed by atoms with Gasteiger partial charge in [-0.25, -0.2) is 4.90 Å². The van der Waals surface area contributed by atoms with Gasteiger partial charge in [-0.2, -0.15) is 5.10 Å². The molecule has 0 bridgehead atoms. The summed E-state index contributed by atoms with van der Waals surface area (Å²) >= 11 is 6.71. The summed E-state index contributed by atoms with van der Waals surface area (Å²) in [6, 6.07) is 13.2. The highest BCUT2D eigenvalue weighted by Gasteiger charge is 2.58. The summed E-state index contributed by atoms with van der Waals surface area (Å²) < 4.78 is 1.72. The maximum atomic E-state index is 13.2. The molecule has 1 fully saturated rings. The van der Waals surface area contributed by atoms with E-state index in [2.05, 4.69) is 37.0 Å². The Morgan fingerprint density at radius 1 is 0.889 bits per heavy atom. The predicted octanol–water partition coefficient (Wildman–Crippen LogP) is 3.53. The zero-order chi connectivity index (χ0) is 19.3. The zero-order valence-corrected chi connectivity index (χ0v) is 17.3. The smallest absolute Gasteiger partial charge is 0.259 e. The maximum Gasteiger partial charge on any atom is 0.259 e. The van der Waals surface area contributed by atoms with Crippen molar-refractivity contribution in [3.63, 3.8) is 0 Å². The molecule has 2 atom stereocenters. The largest absolute Gasteiger partial charge is 0.293 e. The molecule has 2 heterocycles. The van der Waals surface area contributed by atoms with Crippen molar-refractivity contribution in [2.75, 3.05) is 9.91 Å². The van der Waals surface area contributed by atoms with Crippen LogP contribution in [0, 0.1) is 5.92 Å². The molecule has 0 unspecified atom stereocenters. The van der Waals surface area contributed by atoms with Crippen molar-refractivity contribution in [3.8, 4) is 0 Å². The monoisotopic (exact) mass is 489 g/mol. The summed E-state index contributed by atoms with van der Waals surface area (Å²) in [4.78, 5) is 39.5. The lowest BCUT2D eigenvalue weighted by molar-refractivity contribution is -0.122. The molecule has 1 saturated heterocycles. The maximum absolute atomic E-state index is 13.2. The number of halogens is 2. The van der Waals surface area contributed by atoms with Crippen LogP contribution in [0.3, 0.4) is 0 Å². The number of hydrazone groups is 1.